The molecule has 1 amide bonds. The minimum atomic E-state index is -0.579. The van der Waals surface area contributed by atoms with Crippen molar-refractivity contribution in [3.63, 3.8) is 0 Å². The molecule has 3 N–H and O–H groups in total. The molecule has 0 aliphatic heterocycles. The fourth-order valence-electron chi connectivity index (χ4n) is 2.83. The zero-order chi connectivity index (χ0) is 19.4. The van der Waals surface area contributed by atoms with Crippen molar-refractivity contribution >= 4 is 44.3 Å². The van der Waals surface area contributed by atoms with Crippen molar-refractivity contribution in [2.45, 2.75) is 13.0 Å². The van der Waals surface area contributed by atoms with Crippen molar-refractivity contribution in [3.8, 4) is 0 Å². The van der Waals surface area contributed by atoms with Gasteiger partial charge in [-0.05, 0) is 47.5 Å². The van der Waals surface area contributed by atoms with Gasteiger partial charge in [0, 0.05) is 10.2 Å². The lowest BCUT2D eigenvalue weighted by Crippen LogP contribution is -2.31. The summed E-state index contributed by atoms with van der Waals surface area (Å²) >= 11 is 3.38. The van der Waals surface area contributed by atoms with E-state index in [1.54, 1.807) is 12.1 Å². The molecule has 0 saturated heterocycles. The summed E-state index contributed by atoms with van der Waals surface area (Å²) in [7, 11) is 0. The quantitative estimate of drug-likeness (QED) is 0.472. The van der Waals surface area contributed by atoms with Crippen LogP contribution >= 0.6 is 15.9 Å². The lowest BCUT2D eigenvalue weighted by molar-refractivity contribution is -0.124. The van der Waals surface area contributed by atoms with Crippen molar-refractivity contribution < 1.29 is 14.3 Å². The number of halogens is 1. The molecule has 0 aliphatic rings. The Labute approximate surface area is 165 Å². The van der Waals surface area contributed by atoms with Gasteiger partial charge in [-0.2, -0.15) is 0 Å². The second-order valence-corrected chi connectivity index (χ2v) is 7.12. The summed E-state index contributed by atoms with van der Waals surface area (Å²) in [5, 5.41) is 4.40. The molecule has 6 heteroatoms. The van der Waals surface area contributed by atoms with Crippen LogP contribution in [0.25, 0.3) is 10.8 Å². The number of rotatable bonds is 5. The van der Waals surface area contributed by atoms with Gasteiger partial charge >= 0.3 is 5.97 Å². The van der Waals surface area contributed by atoms with Crippen LogP contribution in [0, 0.1) is 0 Å². The molecular weight excluding hydrogens is 408 g/mol. The highest BCUT2D eigenvalue weighted by Crippen LogP contribution is 2.23. The van der Waals surface area contributed by atoms with Crippen molar-refractivity contribution in [2.24, 2.45) is 0 Å². The van der Waals surface area contributed by atoms with Gasteiger partial charge in [0.15, 0.2) is 6.61 Å². The van der Waals surface area contributed by atoms with Crippen molar-refractivity contribution in [3.05, 3.63) is 76.3 Å². The molecule has 1 atom stereocenters. The third-order valence-corrected chi connectivity index (χ3v) is 4.71. The Morgan fingerprint density at radius 1 is 1.11 bits per heavy atom. The van der Waals surface area contributed by atoms with E-state index in [9.17, 15) is 9.59 Å². The number of nitrogens with two attached hydrogens (primary N) is 1. The molecule has 0 aromatic heterocycles. The third kappa shape index (κ3) is 4.65. The number of nitrogens with one attached hydrogen (secondary N) is 1. The second-order valence-electron chi connectivity index (χ2n) is 6.21. The molecule has 0 heterocycles. The first-order chi connectivity index (χ1) is 12.9. The van der Waals surface area contributed by atoms with Gasteiger partial charge in [-0.25, -0.2) is 4.79 Å². The number of ether oxygens (including phenoxy) is 1. The molecule has 0 fully saturated rings. The van der Waals surface area contributed by atoms with E-state index in [1.807, 2.05) is 55.5 Å². The third-order valence-electron chi connectivity index (χ3n) is 4.19. The van der Waals surface area contributed by atoms with E-state index in [4.69, 9.17) is 10.5 Å². The Bertz CT molecular complexity index is 986. The standard InChI is InChI=1S/C21H19BrN2O3/c1-13(14-6-8-16(22)9-7-14)24-20(25)12-27-21(26)19-11-17(23)10-15-4-2-3-5-18(15)19/h2-11,13H,12,23H2,1H3,(H,24,25)/t13-/m1/s1. The van der Waals surface area contributed by atoms with Gasteiger partial charge in [-0.3, -0.25) is 4.79 Å². The van der Waals surface area contributed by atoms with Gasteiger partial charge < -0.3 is 15.8 Å². The molecule has 3 aromatic rings. The van der Waals surface area contributed by atoms with Crippen molar-refractivity contribution in [2.75, 3.05) is 12.3 Å². The maximum Gasteiger partial charge on any atom is 0.339 e. The predicted molar refractivity (Wildman–Crippen MR) is 109 cm³/mol. The van der Waals surface area contributed by atoms with Gasteiger partial charge in [0.2, 0.25) is 0 Å². The van der Waals surface area contributed by atoms with E-state index in [1.165, 1.54) is 0 Å². The Kier molecular flexibility index (Phi) is 5.76. The molecule has 0 saturated carbocycles. The number of hydrogen-bond acceptors (Lipinski definition) is 4. The Morgan fingerprint density at radius 2 is 1.81 bits per heavy atom. The minimum Gasteiger partial charge on any atom is -0.452 e. The molecule has 27 heavy (non-hydrogen) atoms. The monoisotopic (exact) mass is 426 g/mol. The maximum absolute atomic E-state index is 12.4. The number of benzene rings is 3. The van der Waals surface area contributed by atoms with E-state index < -0.39 is 5.97 Å². The van der Waals surface area contributed by atoms with Crippen LogP contribution in [-0.4, -0.2) is 18.5 Å². The molecule has 5 nitrogen and oxygen atoms in total. The number of hydrogen-bond donors (Lipinski definition) is 2. The number of fused-ring (bicyclic) bond motifs is 1. The van der Waals surface area contributed by atoms with Crippen LogP contribution in [0.5, 0.6) is 0 Å². The fraction of sp³-hybridized carbons (Fsp3) is 0.143. The van der Waals surface area contributed by atoms with Crippen LogP contribution in [-0.2, 0) is 9.53 Å². The first-order valence-corrected chi connectivity index (χ1v) is 9.23. The highest BCUT2D eigenvalue weighted by molar-refractivity contribution is 9.10. The van der Waals surface area contributed by atoms with Gasteiger partial charge in [-0.1, -0.05) is 52.3 Å². The van der Waals surface area contributed by atoms with E-state index >= 15 is 0 Å². The molecule has 0 unspecified atom stereocenters. The van der Waals surface area contributed by atoms with Gasteiger partial charge in [0.25, 0.3) is 5.91 Å². The number of amides is 1. The van der Waals surface area contributed by atoms with Gasteiger partial charge in [-0.15, -0.1) is 0 Å². The van der Waals surface area contributed by atoms with E-state index in [2.05, 4.69) is 21.2 Å². The molecule has 3 rings (SSSR count). The molecule has 0 bridgehead atoms. The van der Waals surface area contributed by atoms with E-state index in [0.717, 1.165) is 20.8 Å². The summed E-state index contributed by atoms with van der Waals surface area (Å²) in [5.74, 6) is -0.947. The first kappa shape index (κ1) is 18.9. The van der Waals surface area contributed by atoms with Gasteiger partial charge in [0.1, 0.15) is 0 Å². The average Bonchev–Trinajstić information content (AvgIpc) is 2.65. The number of carbonyl (C=O) groups excluding carboxylic acids is 2. The maximum atomic E-state index is 12.4. The first-order valence-electron chi connectivity index (χ1n) is 8.44. The normalized spacial score (nSPS) is 11.8. The predicted octanol–water partition coefficient (Wildman–Crippen LogP) is 4.22. The largest absolute Gasteiger partial charge is 0.452 e. The number of nitrogen functional groups attached to an aromatic ring is 1. The van der Waals surface area contributed by atoms with E-state index in [0.29, 0.717) is 11.3 Å². The van der Waals surface area contributed by atoms with E-state index in [-0.39, 0.29) is 18.6 Å². The highest BCUT2D eigenvalue weighted by atomic mass is 79.9. The van der Waals surface area contributed by atoms with Gasteiger partial charge in [0.05, 0.1) is 11.6 Å². The summed E-state index contributed by atoms with van der Waals surface area (Å²) in [5.41, 5.74) is 7.64. The molecule has 3 aromatic carbocycles. The molecular formula is C21H19BrN2O3. The van der Waals surface area contributed by atoms with Crippen LogP contribution in [0.4, 0.5) is 5.69 Å². The summed E-state index contributed by atoms with van der Waals surface area (Å²) in [6.07, 6.45) is 0. The van der Waals surface area contributed by atoms with Crippen LogP contribution in [0.15, 0.2) is 65.1 Å². The van der Waals surface area contributed by atoms with Crippen molar-refractivity contribution in [1.82, 2.24) is 5.32 Å². The Balaban J connectivity index is 1.64. The van der Waals surface area contributed by atoms with Crippen LogP contribution in [0.3, 0.4) is 0 Å². The smallest absolute Gasteiger partial charge is 0.339 e. The summed E-state index contributed by atoms with van der Waals surface area (Å²) < 4.78 is 6.16. The van der Waals surface area contributed by atoms with Crippen LogP contribution < -0.4 is 11.1 Å². The molecule has 0 radical (unpaired) electrons. The topological polar surface area (TPSA) is 81.4 Å². The number of esters is 1. The molecule has 138 valence electrons. The number of anilines is 1. The number of carbonyl (C=O) groups is 2. The molecule has 0 spiro atoms. The highest BCUT2D eigenvalue weighted by Gasteiger charge is 2.16. The van der Waals surface area contributed by atoms with Crippen LogP contribution in [0.1, 0.15) is 28.9 Å². The average molecular weight is 427 g/mol. The summed E-state index contributed by atoms with van der Waals surface area (Å²) in [6.45, 7) is 1.51. The summed E-state index contributed by atoms with van der Waals surface area (Å²) in [4.78, 5) is 24.6. The Morgan fingerprint density at radius 3 is 2.56 bits per heavy atom. The van der Waals surface area contributed by atoms with Crippen LogP contribution in [0.2, 0.25) is 0 Å². The zero-order valence-corrected chi connectivity index (χ0v) is 16.3. The lowest BCUT2D eigenvalue weighted by Gasteiger charge is -2.15. The van der Waals surface area contributed by atoms with Crippen molar-refractivity contribution in [1.29, 1.82) is 0 Å². The minimum absolute atomic E-state index is 0.197. The fourth-order valence-corrected chi connectivity index (χ4v) is 3.09. The zero-order valence-electron chi connectivity index (χ0n) is 14.7. The molecule has 0 aliphatic carbocycles. The Hall–Kier alpha value is -2.86. The lowest BCUT2D eigenvalue weighted by atomic mass is 10.0. The SMILES string of the molecule is C[C@@H](NC(=O)COC(=O)c1cc(N)cc2ccccc12)c1ccc(Br)cc1. The second kappa shape index (κ2) is 8.22. The summed E-state index contributed by atoms with van der Waals surface area (Å²) in [6, 6.07) is 18.2.